The minimum absolute atomic E-state index is 0.000823. The van der Waals surface area contributed by atoms with Crippen LogP contribution in [0.3, 0.4) is 0 Å². The Labute approximate surface area is 150 Å². The van der Waals surface area contributed by atoms with Crippen molar-refractivity contribution >= 4 is 33.2 Å². The molecule has 0 bridgehead atoms. The Kier molecular flexibility index (Phi) is 6.18. The molecule has 124 valence electrons. The van der Waals surface area contributed by atoms with Crippen molar-refractivity contribution in [2.45, 2.75) is 32.7 Å². The van der Waals surface area contributed by atoms with E-state index in [4.69, 9.17) is 0 Å². The van der Waals surface area contributed by atoms with E-state index >= 15 is 0 Å². The van der Waals surface area contributed by atoms with Crippen LogP contribution in [0.5, 0.6) is 0 Å². The van der Waals surface area contributed by atoms with E-state index in [2.05, 4.69) is 75.5 Å². The summed E-state index contributed by atoms with van der Waals surface area (Å²) in [7, 11) is 1.79. The number of aliphatic imine (C=N–C) groups is 1. The van der Waals surface area contributed by atoms with E-state index < -0.39 is 0 Å². The molecule has 0 aliphatic carbocycles. The average Bonchev–Trinajstić information content (AvgIpc) is 2.93. The number of halogens is 1. The van der Waals surface area contributed by atoms with Crippen LogP contribution < -0.4 is 10.6 Å². The maximum absolute atomic E-state index is 4.36. The molecule has 4 nitrogen and oxygen atoms in total. The molecule has 0 saturated carbocycles. The topological polar surface area (TPSA) is 49.3 Å². The predicted molar refractivity (Wildman–Crippen MR) is 102 cm³/mol. The zero-order valence-corrected chi connectivity index (χ0v) is 16.4. The van der Waals surface area contributed by atoms with Crippen LogP contribution in [0.4, 0.5) is 0 Å². The fraction of sp³-hybridized carbons (Fsp3) is 0.412. The van der Waals surface area contributed by atoms with Gasteiger partial charge in [-0.2, -0.15) is 0 Å². The maximum atomic E-state index is 4.36. The summed E-state index contributed by atoms with van der Waals surface area (Å²) < 4.78 is 1.10. The molecular formula is C17H23BrN4S. The number of thiazole rings is 1. The molecule has 0 unspecified atom stereocenters. The molecule has 0 aliphatic heterocycles. The first-order valence-corrected chi connectivity index (χ1v) is 9.13. The van der Waals surface area contributed by atoms with Gasteiger partial charge in [0, 0.05) is 34.6 Å². The van der Waals surface area contributed by atoms with Gasteiger partial charge in [-0.3, -0.25) is 4.99 Å². The molecule has 2 N–H and O–H groups in total. The zero-order valence-electron chi connectivity index (χ0n) is 14.0. The van der Waals surface area contributed by atoms with Crippen molar-refractivity contribution in [2.24, 2.45) is 4.99 Å². The zero-order chi connectivity index (χ0) is 16.9. The number of hydrogen-bond donors (Lipinski definition) is 2. The van der Waals surface area contributed by atoms with Crippen molar-refractivity contribution in [1.82, 2.24) is 15.6 Å². The number of hydrogen-bond acceptors (Lipinski definition) is 3. The Morgan fingerprint density at radius 2 is 2.13 bits per heavy atom. The molecule has 0 spiro atoms. The number of rotatable bonds is 5. The Hall–Kier alpha value is -1.40. The molecule has 1 aromatic carbocycles. The van der Waals surface area contributed by atoms with Crippen LogP contribution >= 0.6 is 27.3 Å². The second kappa shape index (κ2) is 7.93. The number of nitrogens with one attached hydrogen (secondary N) is 2. The number of benzene rings is 1. The van der Waals surface area contributed by atoms with Crippen molar-refractivity contribution in [1.29, 1.82) is 0 Å². The molecule has 0 radical (unpaired) electrons. The molecule has 1 aromatic heterocycles. The summed E-state index contributed by atoms with van der Waals surface area (Å²) in [4.78, 5) is 9.87. The molecule has 0 saturated heterocycles. The fourth-order valence-electron chi connectivity index (χ4n) is 2.18. The molecule has 23 heavy (non-hydrogen) atoms. The average molecular weight is 395 g/mol. The number of aromatic nitrogens is 1. The standard InChI is InChI=1S/C17H23BrN4S/c1-12-9-20-15(23-12)10-21-16(19-4)22-11-17(2,3)13-6-5-7-14(18)8-13/h5-9H,10-11H2,1-4H3,(H2,19,21,22). The molecule has 2 rings (SSSR count). The first-order valence-electron chi connectivity index (χ1n) is 7.52. The normalized spacial score (nSPS) is 12.3. The van der Waals surface area contributed by atoms with E-state index in [9.17, 15) is 0 Å². The number of nitrogens with zero attached hydrogens (tertiary/aromatic N) is 2. The van der Waals surface area contributed by atoms with E-state index in [1.807, 2.05) is 12.3 Å². The third-order valence-corrected chi connectivity index (χ3v) is 5.01. The lowest BCUT2D eigenvalue weighted by atomic mass is 9.85. The first-order chi connectivity index (χ1) is 10.9. The van der Waals surface area contributed by atoms with Crippen LogP contribution in [0.25, 0.3) is 0 Å². The van der Waals surface area contributed by atoms with Crippen LogP contribution in [-0.4, -0.2) is 24.5 Å². The smallest absolute Gasteiger partial charge is 0.191 e. The Morgan fingerprint density at radius 3 is 2.74 bits per heavy atom. The van der Waals surface area contributed by atoms with Gasteiger partial charge in [-0.15, -0.1) is 11.3 Å². The highest BCUT2D eigenvalue weighted by atomic mass is 79.9. The van der Waals surface area contributed by atoms with Crippen LogP contribution in [0.15, 0.2) is 39.9 Å². The van der Waals surface area contributed by atoms with Gasteiger partial charge in [0.05, 0.1) is 6.54 Å². The number of aryl methyl sites for hydroxylation is 1. The molecule has 2 aromatic rings. The van der Waals surface area contributed by atoms with E-state index in [1.165, 1.54) is 10.4 Å². The second-order valence-electron chi connectivity index (χ2n) is 6.04. The quantitative estimate of drug-likeness (QED) is 0.597. The third kappa shape index (κ3) is 5.32. The summed E-state index contributed by atoms with van der Waals surface area (Å²) in [6, 6.07) is 8.43. The molecule has 6 heteroatoms. The lowest BCUT2D eigenvalue weighted by molar-refractivity contribution is 0.508. The molecular weight excluding hydrogens is 372 g/mol. The van der Waals surface area contributed by atoms with Gasteiger partial charge >= 0.3 is 0 Å². The summed E-state index contributed by atoms with van der Waals surface area (Å²) in [6.07, 6.45) is 1.90. The van der Waals surface area contributed by atoms with Crippen molar-refractivity contribution in [3.8, 4) is 0 Å². The summed E-state index contributed by atoms with van der Waals surface area (Å²) in [6.45, 7) is 7.99. The molecule has 0 amide bonds. The Morgan fingerprint density at radius 1 is 1.35 bits per heavy atom. The summed E-state index contributed by atoms with van der Waals surface area (Å²) in [5, 5.41) is 7.78. The van der Waals surface area contributed by atoms with Gasteiger partial charge in [-0.05, 0) is 24.6 Å². The Bertz CT molecular complexity index is 679. The first kappa shape index (κ1) is 17.9. The van der Waals surface area contributed by atoms with Crippen molar-refractivity contribution in [2.75, 3.05) is 13.6 Å². The lowest BCUT2D eigenvalue weighted by Gasteiger charge is -2.27. The summed E-state index contributed by atoms with van der Waals surface area (Å²) in [5.74, 6) is 0.793. The van der Waals surface area contributed by atoms with Crippen LogP contribution in [0.1, 0.15) is 29.3 Å². The largest absolute Gasteiger partial charge is 0.356 e. The maximum Gasteiger partial charge on any atom is 0.191 e. The highest BCUT2D eigenvalue weighted by molar-refractivity contribution is 9.10. The molecule has 0 aliphatic rings. The van der Waals surface area contributed by atoms with E-state index in [0.29, 0.717) is 6.54 Å². The lowest BCUT2D eigenvalue weighted by Crippen LogP contribution is -2.43. The minimum atomic E-state index is -0.000823. The molecule has 1 heterocycles. The SMILES string of the molecule is CN=C(NCc1ncc(C)s1)NCC(C)(C)c1cccc(Br)c1. The molecule has 0 fully saturated rings. The van der Waals surface area contributed by atoms with Crippen molar-refractivity contribution in [3.05, 3.63) is 50.4 Å². The van der Waals surface area contributed by atoms with Crippen LogP contribution in [0.2, 0.25) is 0 Å². The van der Waals surface area contributed by atoms with Crippen molar-refractivity contribution in [3.63, 3.8) is 0 Å². The van der Waals surface area contributed by atoms with Gasteiger partial charge in [0.15, 0.2) is 5.96 Å². The van der Waals surface area contributed by atoms with E-state index in [0.717, 1.165) is 22.0 Å². The van der Waals surface area contributed by atoms with Crippen LogP contribution in [0, 0.1) is 6.92 Å². The van der Waals surface area contributed by atoms with E-state index in [1.54, 1.807) is 18.4 Å². The van der Waals surface area contributed by atoms with Crippen molar-refractivity contribution < 1.29 is 0 Å². The fourth-order valence-corrected chi connectivity index (χ4v) is 3.31. The number of guanidine groups is 1. The van der Waals surface area contributed by atoms with Gasteiger partial charge in [0.2, 0.25) is 0 Å². The van der Waals surface area contributed by atoms with Gasteiger partial charge in [0.1, 0.15) is 5.01 Å². The Balaban J connectivity index is 1.91. The summed E-state index contributed by atoms with van der Waals surface area (Å²) >= 11 is 5.24. The van der Waals surface area contributed by atoms with Gasteiger partial charge in [-0.25, -0.2) is 4.98 Å². The van der Waals surface area contributed by atoms with Gasteiger partial charge < -0.3 is 10.6 Å². The predicted octanol–water partition coefficient (Wildman–Crippen LogP) is 3.86. The molecule has 0 atom stereocenters. The minimum Gasteiger partial charge on any atom is -0.356 e. The van der Waals surface area contributed by atoms with E-state index in [-0.39, 0.29) is 5.41 Å². The van der Waals surface area contributed by atoms with Crippen LogP contribution in [-0.2, 0) is 12.0 Å². The van der Waals surface area contributed by atoms with Gasteiger partial charge in [0.25, 0.3) is 0 Å². The van der Waals surface area contributed by atoms with Gasteiger partial charge in [-0.1, -0.05) is 41.9 Å². The monoisotopic (exact) mass is 394 g/mol. The third-order valence-electron chi connectivity index (χ3n) is 3.60. The highest BCUT2D eigenvalue weighted by Crippen LogP contribution is 2.25. The second-order valence-corrected chi connectivity index (χ2v) is 8.27. The highest BCUT2D eigenvalue weighted by Gasteiger charge is 2.21. The summed E-state index contributed by atoms with van der Waals surface area (Å²) in [5.41, 5.74) is 1.28.